The summed E-state index contributed by atoms with van der Waals surface area (Å²) in [4.78, 5) is 53.9. The fourth-order valence-corrected chi connectivity index (χ4v) is 8.55. The Hall–Kier alpha value is -5.06. The number of nitrogens with zero attached hydrogens (tertiary/aromatic N) is 4. The van der Waals surface area contributed by atoms with E-state index < -0.39 is 23.3 Å². The Bertz CT molecular complexity index is 2090. The molecule has 57 heavy (non-hydrogen) atoms. The van der Waals surface area contributed by atoms with Crippen LogP contribution in [0.25, 0.3) is 11.0 Å². The number of nitrogens with one attached hydrogen (secondary N) is 2. The smallest absolute Gasteiger partial charge is 0.410 e. The molecule has 11 nitrogen and oxygen atoms in total. The van der Waals surface area contributed by atoms with Crippen LogP contribution in [0.1, 0.15) is 141 Å². The maximum Gasteiger partial charge on any atom is 0.410 e. The van der Waals surface area contributed by atoms with Gasteiger partial charge in [-0.25, -0.2) is 14.6 Å². The molecule has 304 valence electrons. The van der Waals surface area contributed by atoms with Gasteiger partial charge in [0, 0.05) is 24.5 Å². The molecular formula is C46H60N6O5. The highest BCUT2D eigenvalue weighted by atomic mass is 16.6. The second kappa shape index (κ2) is 15.4. The maximum absolute atomic E-state index is 13.4. The summed E-state index contributed by atoms with van der Waals surface area (Å²) in [5, 5.41) is 3.06. The van der Waals surface area contributed by atoms with Crippen molar-refractivity contribution in [2.75, 3.05) is 23.3 Å². The van der Waals surface area contributed by atoms with Gasteiger partial charge in [0.05, 0.1) is 29.2 Å². The van der Waals surface area contributed by atoms with E-state index in [-0.39, 0.29) is 35.5 Å². The maximum atomic E-state index is 13.4. The van der Waals surface area contributed by atoms with Gasteiger partial charge >= 0.3 is 12.2 Å². The number of carbonyl (C=O) groups is 3. The van der Waals surface area contributed by atoms with Gasteiger partial charge in [0.25, 0.3) is 0 Å². The van der Waals surface area contributed by atoms with Crippen molar-refractivity contribution in [3.63, 3.8) is 0 Å². The monoisotopic (exact) mass is 776 g/mol. The number of aromatic amines is 1. The minimum Gasteiger partial charge on any atom is -0.444 e. The molecule has 0 saturated carbocycles. The highest BCUT2D eigenvalue weighted by molar-refractivity contribution is 5.97. The van der Waals surface area contributed by atoms with Gasteiger partial charge < -0.3 is 24.7 Å². The van der Waals surface area contributed by atoms with E-state index in [1.54, 1.807) is 9.80 Å². The first-order valence-electron chi connectivity index (χ1n) is 20.6. The van der Waals surface area contributed by atoms with E-state index in [4.69, 9.17) is 14.5 Å². The quantitative estimate of drug-likeness (QED) is 0.200. The van der Waals surface area contributed by atoms with Crippen molar-refractivity contribution < 1.29 is 23.9 Å². The zero-order valence-corrected chi connectivity index (χ0v) is 35.1. The molecule has 4 heterocycles. The number of H-pyrrole nitrogens is 1. The Morgan fingerprint density at radius 3 is 1.89 bits per heavy atom. The average Bonchev–Trinajstić information content (AvgIpc) is 3.95. The first kappa shape index (κ1) is 40.1. The van der Waals surface area contributed by atoms with Gasteiger partial charge in [-0.15, -0.1) is 0 Å². The zero-order valence-electron chi connectivity index (χ0n) is 35.1. The molecule has 3 fully saturated rings. The largest absolute Gasteiger partial charge is 0.444 e. The summed E-state index contributed by atoms with van der Waals surface area (Å²) < 4.78 is 11.3. The molecule has 3 amide bonds. The molecule has 2 unspecified atom stereocenters. The summed E-state index contributed by atoms with van der Waals surface area (Å²) in [6.07, 6.45) is 4.24. The molecule has 7 rings (SSSR count). The van der Waals surface area contributed by atoms with Gasteiger partial charge in [0.15, 0.2) is 0 Å². The Kier molecular flexibility index (Phi) is 10.8. The Morgan fingerprint density at radius 1 is 0.684 bits per heavy atom. The average molecular weight is 777 g/mol. The number of benzene rings is 3. The third kappa shape index (κ3) is 8.92. The third-order valence-corrected chi connectivity index (χ3v) is 11.3. The van der Waals surface area contributed by atoms with Gasteiger partial charge in [0.1, 0.15) is 23.1 Å². The molecule has 0 radical (unpaired) electrons. The summed E-state index contributed by atoms with van der Waals surface area (Å²) in [7, 11) is 0. The standard InChI is InChI=1S/C46H60N6O5/c1-44(2,3)31-17-21-33(22-18-31)52-36(29-14-19-32(20-15-29)47-41(53)39-13-11-27-51(39)43(55)57-46(7,8)9)24-25-37(52)30-16-23-34-35(28-30)49-40(48-34)38-12-10-26-50(38)42(54)56-45(4,5)6/h14-23,28,36-39H,10-13,24-27H2,1-9H3,(H,47,53)(H,48,49)/t36?,37?,38-,39-/m0/s1. The summed E-state index contributed by atoms with van der Waals surface area (Å²) in [5.74, 6) is 0.595. The van der Waals surface area contributed by atoms with E-state index >= 15 is 0 Å². The van der Waals surface area contributed by atoms with Crippen LogP contribution in [0.5, 0.6) is 0 Å². The summed E-state index contributed by atoms with van der Waals surface area (Å²) in [6, 6.07) is 23.1. The minimum atomic E-state index is -0.629. The highest BCUT2D eigenvalue weighted by Crippen LogP contribution is 2.48. The minimum absolute atomic E-state index is 0.0338. The molecule has 2 N–H and O–H groups in total. The highest BCUT2D eigenvalue weighted by Gasteiger charge is 2.39. The lowest BCUT2D eigenvalue weighted by Crippen LogP contribution is -2.45. The van der Waals surface area contributed by atoms with E-state index in [9.17, 15) is 14.4 Å². The number of hydrogen-bond acceptors (Lipinski definition) is 7. The number of imidazole rings is 1. The number of rotatable bonds is 6. The van der Waals surface area contributed by atoms with Crippen LogP contribution < -0.4 is 10.2 Å². The van der Waals surface area contributed by atoms with Crippen molar-refractivity contribution >= 4 is 40.5 Å². The second-order valence-corrected chi connectivity index (χ2v) is 19.0. The summed E-state index contributed by atoms with van der Waals surface area (Å²) >= 11 is 0. The number of fused-ring (bicyclic) bond motifs is 1. The van der Waals surface area contributed by atoms with E-state index in [2.05, 4.69) is 90.6 Å². The fraction of sp³-hybridized carbons (Fsp3) is 0.522. The summed E-state index contributed by atoms with van der Waals surface area (Å²) in [6.45, 7) is 19.0. The van der Waals surface area contributed by atoms with Crippen LogP contribution in [0.15, 0.2) is 66.7 Å². The number of amides is 3. The second-order valence-electron chi connectivity index (χ2n) is 19.0. The van der Waals surface area contributed by atoms with Crippen molar-refractivity contribution in [3.8, 4) is 0 Å². The lowest BCUT2D eigenvalue weighted by Gasteiger charge is -2.34. The van der Waals surface area contributed by atoms with Crippen LogP contribution in [0, 0.1) is 0 Å². The zero-order chi connectivity index (χ0) is 40.9. The number of ether oxygens (including phenoxy) is 2. The molecule has 4 atom stereocenters. The predicted octanol–water partition coefficient (Wildman–Crippen LogP) is 10.4. The number of anilines is 2. The third-order valence-electron chi connectivity index (χ3n) is 11.3. The Labute approximate surface area is 337 Å². The molecule has 3 saturated heterocycles. The van der Waals surface area contributed by atoms with Gasteiger partial charge in [-0.1, -0.05) is 51.1 Å². The van der Waals surface area contributed by atoms with E-state index in [1.165, 1.54) is 16.7 Å². The Balaban J connectivity index is 1.13. The van der Waals surface area contributed by atoms with Crippen LogP contribution in [0.2, 0.25) is 0 Å². The van der Waals surface area contributed by atoms with Crippen LogP contribution in [0.4, 0.5) is 21.0 Å². The van der Waals surface area contributed by atoms with Crippen LogP contribution >= 0.6 is 0 Å². The van der Waals surface area contributed by atoms with Gasteiger partial charge in [-0.3, -0.25) is 14.6 Å². The number of likely N-dealkylation sites (tertiary alicyclic amines) is 2. The first-order valence-corrected chi connectivity index (χ1v) is 20.6. The van der Waals surface area contributed by atoms with Crippen molar-refractivity contribution in [2.24, 2.45) is 0 Å². The lowest BCUT2D eigenvalue weighted by molar-refractivity contribution is -0.120. The SMILES string of the molecule is CC(C)(C)OC(=O)N1CCC[C@H]1C(=O)Nc1ccc(C2CCC(c3ccc4[nH]c([C@@H]5CCCN5C(=O)OC(C)(C)C)nc4c3)N2c2ccc(C(C)(C)C)cc2)cc1. The van der Waals surface area contributed by atoms with Crippen LogP contribution in [0.3, 0.4) is 0 Å². The van der Waals surface area contributed by atoms with Crippen molar-refractivity contribution in [1.29, 1.82) is 0 Å². The molecule has 3 aromatic carbocycles. The molecule has 0 aliphatic carbocycles. The fourth-order valence-electron chi connectivity index (χ4n) is 8.55. The molecule has 3 aliphatic rings. The van der Waals surface area contributed by atoms with Gasteiger partial charge in [-0.05, 0) is 139 Å². The topological polar surface area (TPSA) is 120 Å². The normalized spacial score (nSPS) is 21.7. The molecule has 3 aliphatic heterocycles. The Morgan fingerprint density at radius 2 is 1.26 bits per heavy atom. The van der Waals surface area contributed by atoms with Crippen molar-refractivity contribution in [2.45, 2.75) is 142 Å². The number of aromatic nitrogens is 2. The van der Waals surface area contributed by atoms with E-state index in [0.29, 0.717) is 25.2 Å². The van der Waals surface area contributed by atoms with Crippen LogP contribution in [-0.4, -0.2) is 68.2 Å². The molecule has 4 aromatic rings. The van der Waals surface area contributed by atoms with E-state index in [1.807, 2.05) is 53.7 Å². The van der Waals surface area contributed by atoms with Crippen LogP contribution in [-0.2, 0) is 19.7 Å². The van der Waals surface area contributed by atoms with Gasteiger partial charge in [0.2, 0.25) is 5.91 Å². The van der Waals surface area contributed by atoms with Crippen molar-refractivity contribution in [1.82, 2.24) is 19.8 Å². The number of hydrogen-bond donors (Lipinski definition) is 2. The summed E-state index contributed by atoms with van der Waals surface area (Å²) in [5.41, 5.74) is 6.16. The molecule has 0 bridgehead atoms. The molecular weight excluding hydrogens is 717 g/mol. The van der Waals surface area contributed by atoms with Gasteiger partial charge in [-0.2, -0.15) is 0 Å². The molecule has 0 spiro atoms. The first-order chi connectivity index (χ1) is 26.8. The molecule has 11 heteroatoms. The van der Waals surface area contributed by atoms with Crippen molar-refractivity contribution in [3.05, 3.63) is 89.2 Å². The molecule has 1 aromatic heterocycles. The predicted molar refractivity (Wildman–Crippen MR) is 224 cm³/mol. The number of carbonyl (C=O) groups excluding carboxylic acids is 3. The van der Waals surface area contributed by atoms with E-state index in [0.717, 1.165) is 54.6 Å². The lowest BCUT2D eigenvalue weighted by atomic mass is 9.87.